The zero-order chi connectivity index (χ0) is 15.6. The Labute approximate surface area is 130 Å². The van der Waals surface area contributed by atoms with Crippen LogP contribution in [0.4, 0.5) is 0 Å². The third-order valence-corrected chi connectivity index (χ3v) is 3.46. The van der Waals surface area contributed by atoms with Crippen LogP contribution in [0.15, 0.2) is 60.4 Å². The van der Waals surface area contributed by atoms with Gasteiger partial charge in [-0.1, -0.05) is 18.2 Å². The molecule has 4 rings (SSSR count). The molecule has 23 heavy (non-hydrogen) atoms. The van der Waals surface area contributed by atoms with Gasteiger partial charge in [0.25, 0.3) is 5.56 Å². The van der Waals surface area contributed by atoms with E-state index < -0.39 is 0 Å². The lowest BCUT2D eigenvalue weighted by Gasteiger charge is -2.10. The largest absolute Gasteiger partial charge is 0.293 e. The van der Waals surface area contributed by atoms with Crippen LogP contribution < -0.4 is 5.56 Å². The number of rotatable bonds is 3. The number of fused-ring (bicyclic) bond motifs is 1. The van der Waals surface area contributed by atoms with Crippen LogP contribution in [-0.2, 0) is 6.54 Å². The predicted molar refractivity (Wildman–Crippen MR) is 82.1 cm³/mol. The summed E-state index contributed by atoms with van der Waals surface area (Å²) in [6, 6.07) is 7.68. The van der Waals surface area contributed by atoms with Crippen molar-refractivity contribution >= 4 is 11.2 Å². The summed E-state index contributed by atoms with van der Waals surface area (Å²) in [6.45, 7) is 0.356. The number of nitrogens with zero attached hydrogens (tertiary/aromatic N) is 7. The van der Waals surface area contributed by atoms with Crippen molar-refractivity contribution in [2.75, 3.05) is 0 Å². The Morgan fingerprint density at radius 2 is 1.87 bits per heavy atom. The van der Waals surface area contributed by atoms with Crippen LogP contribution in [0.5, 0.6) is 0 Å². The van der Waals surface area contributed by atoms with E-state index in [0.29, 0.717) is 12.2 Å². The molecule has 0 spiro atoms. The maximum atomic E-state index is 12.5. The van der Waals surface area contributed by atoms with Gasteiger partial charge < -0.3 is 0 Å². The first kappa shape index (κ1) is 13.3. The lowest BCUT2D eigenvalue weighted by atomic mass is 10.2. The summed E-state index contributed by atoms with van der Waals surface area (Å²) >= 11 is 0. The van der Waals surface area contributed by atoms with E-state index in [4.69, 9.17) is 0 Å². The van der Waals surface area contributed by atoms with E-state index in [0.717, 1.165) is 11.3 Å². The molecule has 8 nitrogen and oxygen atoms in total. The second-order valence-corrected chi connectivity index (χ2v) is 4.87. The number of hydrogen-bond donors (Lipinski definition) is 0. The molecule has 8 heteroatoms. The molecule has 0 atom stereocenters. The van der Waals surface area contributed by atoms with E-state index in [2.05, 4.69) is 25.0 Å². The first-order valence-corrected chi connectivity index (χ1v) is 6.92. The molecule has 0 aliphatic carbocycles. The van der Waals surface area contributed by atoms with Gasteiger partial charge in [0.05, 0.1) is 12.2 Å². The molecule has 0 amide bonds. The first-order valence-electron chi connectivity index (χ1n) is 6.92. The minimum absolute atomic E-state index is 0.225. The molecule has 0 unspecified atom stereocenters. The minimum Gasteiger partial charge on any atom is -0.293 e. The fourth-order valence-electron chi connectivity index (χ4n) is 2.39. The van der Waals surface area contributed by atoms with Crippen molar-refractivity contribution in [2.24, 2.45) is 0 Å². The molecular weight excluding hydrogens is 294 g/mol. The molecule has 0 bridgehead atoms. The summed E-state index contributed by atoms with van der Waals surface area (Å²) in [5.41, 5.74) is 2.16. The van der Waals surface area contributed by atoms with Gasteiger partial charge in [0, 0.05) is 12.4 Å². The molecule has 1 aromatic carbocycles. The van der Waals surface area contributed by atoms with Gasteiger partial charge in [0.2, 0.25) is 0 Å². The molecule has 4 aromatic rings. The van der Waals surface area contributed by atoms with Crippen molar-refractivity contribution < 1.29 is 0 Å². The summed E-state index contributed by atoms with van der Waals surface area (Å²) < 4.78 is 3.17. The van der Waals surface area contributed by atoms with Crippen molar-refractivity contribution in [3.05, 3.63) is 71.6 Å². The lowest BCUT2D eigenvalue weighted by Crippen LogP contribution is -2.23. The van der Waals surface area contributed by atoms with Crippen LogP contribution >= 0.6 is 0 Å². The molecular formula is C15H11N7O. The third-order valence-electron chi connectivity index (χ3n) is 3.46. The van der Waals surface area contributed by atoms with E-state index in [1.54, 1.807) is 11.0 Å². The molecule has 0 saturated heterocycles. The van der Waals surface area contributed by atoms with Crippen molar-refractivity contribution in [3.8, 4) is 5.69 Å². The number of para-hydroxylation sites is 1. The van der Waals surface area contributed by atoms with Crippen LogP contribution in [0, 0.1) is 0 Å². The zero-order valence-corrected chi connectivity index (χ0v) is 11.9. The predicted octanol–water partition coefficient (Wildman–Crippen LogP) is 0.815. The Morgan fingerprint density at radius 1 is 1.00 bits per heavy atom. The molecule has 0 radical (unpaired) electrons. The molecule has 0 fully saturated rings. The summed E-state index contributed by atoms with van der Waals surface area (Å²) in [6.07, 6.45) is 7.57. The monoisotopic (exact) mass is 305 g/mol. The highest BCUT2D eigenvalue weighted by molar-refractivity contribution is 5.66. The van der Waals surface area contributed by atoms with Crippen LogP contribution in [0.25, 0.3) is 16.9 Å². The van der Waals surface area contributed by atoms with Crippen molar-refractivity contribution in [2.45, 2.75) is 6.54 Å². The van der Waals surface area contributed by atoms with Crippen molar-refractivity contribution in [1.82, 2.24) is 34.3 Å². The topological polar surface area (TPSA) is 91.4 Å². The van der Waals surface area contributed by atoms with E-state index in [9.17, 15) is 4.79 Å². The Kier molecular flexibility index (Phi) is 3.12. The molecule has 0 N–H and O–H groups in total. The van der Waals surface area contributed by atoms with Crippen molar-refractivity contribution in [1.29, 1.82) is 0 Å². The summed E-state index contributed by atoms with van der Waals surface area (Å²) in [5, 5.41) is 4.14. The highest BCUT2D eigenvalue weighted by atomic mass is 16.1. The Balaban J connectivity index is 1.81. The average Bonchev–Trinajstić information content (AvgIpc) is 3.12. The summed E-state index contributed by atoms with van der Waals surface area (Å²) in [4.78, 5) is 28.8. The van der Waals surface area contributed by atoms with Gasteiger partial charge in [-0.2, -0.15) is 5.10 Å². The van der Waals surface area contributed by atoms with Gasteiger partial charge in [0.15, 0.2) is 11.2 Å². The van der Waals surface area contributed by atoms with E-state index in [-0.39, 0.29) is 11.1 Å². The zero-order valence-electron chi connectivity index (χ0n) is 11.9. The number of hydrogen-bond acceptors (Lipinski definition) is 6. The Morgan fingerprint density at radius 3 is 2.74 bits per heavy atom. The van der Waals surface area contributed by atoms with Gasteiger partial charge >= 0.3 is 0 Å². The third kappa shape index (κ3) is 2.35. The van der Waals surface area contributed by atoms with Gasteiger partial charge in [-0.05, 0) is 11.6 Å². The van der Waals surface area contributed by atoms with Gasteiger partial charge in [-0.15, -0.1) is 0 Å². The second-order valence-electron chi connectivity index (χ2n) is 4.87. The van der Waals surface area contributed by atoms with E-state index in [1.165, 1.54) is 29.6 Å². The standard InChI is InChI=1S/C15H11N7O/c23-15-13-14(18-6-5-17-13)19-10-21(15)7-11-3-1-2-4-12(11)22-9-16-8-20-22/h1-6,8-10H,7H2. The quantitative estimate of drug-likeness (QED) is 0.556. The fourth-order valence-corrected chi connectivity index (χ4v) is 2.39. The normalized spacial score (nSPS) is 11.0. The average molecular weight is 305 g/mol. The van der Waals surface area contributed by atoms with Crippen molar-refractivity contribution in [3.63, 3.8) is 0 Å². The first-order chi connectivity index (χ1) is 11.3. The highest BCUT2D eigenvalue weighted by Gasteiger charge is 2.09. The van der Waals surface area contributed by atoms with Gasteiger partial charge in [-0.25, -0.2) is 24.6 Å². The number of aromatic nitrogens is 7. The summed E-state index contributed by atoms with van der Waals surface area (Å²) in [7, 11) is 0. The maximum Gasteiger partial charge on any atom is 0.281 e. The van der Waals surface area contributed by atoms with Crippen LogP contribution in [0.3, 0.4) is 0 Å². The Hall–Kier alpha value is -3.42. The van der Waals surface area contributed by atoms with E-state index >= 15 is 0 Å². The Bertz CT molecular complexity index is 1020. The lowest BCUT2D eigenvalue weighted by molar-refractivity contribution is 0.731. The molecule has 0 saturated carbocycles. The van der Waals surface area contributed by atoms with Crippen LogP contribution in [0.1, 0.15) is 5.56 Å². The maximum absolute atomic E-state index is 12.5. The van der Waals surface area contributed by atoms with Crippen LogP contribution in [-0.4, -0.2) is 34.3 Å². The van der Waals surface area contributed by atoms with Crippen LogP contribution in [0.2, 0.25) is 0 Å². The molecule has 3 heterocycles. The number of benzene rings is 1. The molecule has 0 aliphatic rings. The van der Waals surface area contributed by atoms with Gasteiger partial charge in [-0.3, -0.25) is 9.36 Å². The van der Waals surface area contributed by atoms with Gasteiger partial charge in [0.1, 0.15) is 19.0 Å². The van der Waals surface area contributed by atoms with E-state index in [1.807, 2.05) is 24.3 Å². The summed E-state index contributed by atoms with van der Waals surface area (Å²) in [5.74, 6) is 0. The minimum atomic E-state index is -0.225. The second kappa shape index (κ2) is 5.41. The molecule has 3 aromatic heterocycles. The fraction of sp³-hybridized carbons (Fsp3) is 0.0667. The SMILES string of the molecule is O=c1c2nccnc2ncn1Cc1ccccc1-n1cncn1. The molecule has 112 valence electrons. The smallest absolute Gasteiger partial charge is 0.281 e. The highest BCUT2D eigenvalue weighted by Crippen LogP contribution is 2.14. The molecule has 0 aliphatic heterocycles.